The van der Waals surface area contributed by atoms with Crippen molar-refractivity contribution in [2.75, 3.05) is 26.0 Å². The fourth-order valence-corrected chi connectivity index (χ4v) is 3.49. The molecule has 0 unspecified atom stereocenters. The van der Waals surface area contributed by atoms with Crippen LogP contribution in [0.3, 0.4) is 0 Å². The van der Waals surface area contributed by atoms with Crippen molar-refractivity contribution in [3.8, 4) is 22.6 Å². The Morgan fingerprint density at radius 1 is 1.07 bits per heavy atom. The van der Waals surface area contributed by atoms with E-state index in [1.807, 2.05) is 0 Å². The zero-order valence-corrected chi connectivity index (χ0v) is 16.7. The molecule has 2 N–H and O–H groups in total. The van der Waals surface area contributed by atoms with Gasteiger partial charge in [0.1, 0.15) is 22.5 Å². The summed E-state index contributed by atoms with van der Waals surface area (Å²) in [5, 5.41) is 3.44. The number of benzene rings is 2. The van der Waals surface area contributed by atoms with Gasteiger partial charge in [0, 0.05) is 31.4 Å². The fraction of sp³-hybridized carbons (Fsp3) is 0.238. The largest absolute Gasteiger partial charge is 0.385 e. The van der Waals surface area contributed by atoms with Gasteiger partial charge >= 0.3 is 0 Å². The lowest BCUT2D eigenvalue weighted by atomic mass is 10.2. The van der Waals surface area contributed by atoms with Crippen LogP contribution in [-0.2, 0) is 9.53 Å². The van der Waals surface area contributed by atoms with E-state index in [2.05, 4.69) is 15.3 Å². The van der Waals surface area contributed by atoms with Crippen molar-refractivity contribution < 1.29 is 18.3 Å². The molecule has 0 aliphatic heterocycles. The van der Waals surface area contributed by atoms with E-state index >= 15 is 0 Å². The van der Waals surface area contributed by atoms with Gasteiger partial charge in [-0.15, -0.1) is 0 Å². The molecular formula is C21H21F2N3O2S. The highest BCUT2D eigenvalue weighted by atomic mass is 32.2. The minimum absolute atomic E-state index is 0.109. The topological polar surface area (TPSA) is 67.0 Å². The molecule has 3 aromatic rings. The molecule has 0 fully saturated rings. The van der Waals surface area contributed by atoms with Crippen LogP contribution in [0, 0.1) is 11.6 Å². The number of hydrogen-bond donors (Lipinski definition) is 2. The third-order valence-corrected chi connectivity index (χ3v) is 5.08. The Bertz CT molecular complexity index is 944. The van der Waals surface area contributed by atoms with Crippen LogP contribution in [0.2, 0.25) is 0 Å². The Kier molecular flexibility index (Phi) is 7.37. The number of halogens is 2. The highest BCUT2D eigenvalue weighted by Gasteiger charge is 2.16. The van der Waals surface area contributed by atoms with Gasteiger partial charge < -0.3 is 15.0 Å². The summed E-state index contributed by atoms with van der Waals surface area (Å²) in [6.45, 7) is 1.13. The molecule has 1 heterocycles. The molecule has 0 radical (unpaired) electrons. The lowest BCUT2D eigenvalue weighted by Gasteiger charge is -2.05. The number of aromatic nitrogens is 2. The number of H-pyrrole nitrogens is 1. The van der Waals surface area contributed by atoms with Crippen molar-refractivity contribution in [3.63, 3.8) is 0 Å². The second-order valence-corrected chi connectivity index (χ2v) is 7.23. The van der Waals surface area contributed by atoms with Gasteiger partial charge in [-0.3, -0.25) is 4.79 Å². The molecule has 0 bridgehead atoms. The summed E-state index contributed by atoms with van der Waals surface area (Å²) in [6.07, 6.45) is 0.741. The van der Waals surface area contributed by atoms with Gasteiger partial charge in [-0.1, -0.05) is 11.8 Å². The Labute approximate surface area is 171 Å². The summed E-state index contributed by atoms with van der Waals surface area (Å²) >= 11 is 1.28. The van der Waals surface area contributed by atoms with Gasteiger partial charge in [0.2, 0.25) is 5.91 Å². The molecule has 29 heavy (non-hydrogen) atoms. The van der Waals surface area contributed by atoms with Crippen LogP contribution < -0.4 is 5.32 Å². The Morgan fingerprint density at radius 3 is 2.31 bits per heavy atom. The molecule has 152 valence electrons. The molecule has 3 rings (SSSR count). The van der Waals surface area contributed by atoms with E-state index in [0.717, 1.165) is 12.0 Å². The zero-order chi connectivity index (χ0) is 20.6. The number of imidazole rings is 1. The Hall–Kier alpha value is -2.71. The van der Waals surface area contributed by atoms with E-state index in [0.29, 0.717) is 35.3 Å². The molecular weight excluding hydrogens is 396 g/mol. The molecule has 0 saturated heterocycles. The Morgan fingerprint density at radius 2 is 1.69 bits per heavy atom. The van der Waals surface area contributed by atoms with Crippen molar-refractivity contribution in [2.24, 2.45) is 0 Å². The molecule has 5 nitrogen and oxygen atoms in total. The van der Waals surface area contributed by atoms with Gasteiger partial charge in [0.05, 0.1) is 11.4 Å². The lowest BCUT2D eigenvalue weighted by molar-refractivity contribution is -0.118. The maximum Gasteiger partial charge on any atom is 0.230 e. The standard InChI is InChI=1S/C21H21F2N3O2S/c1-28-12-2-11-24-18(27)13-29-21-19(14-3-7-16(22)8-4-14)25-20(26-21)15-5-9-17(23)10-6-15/h3-10H,2,11-13H2,1H3,(H,24,27)(H,25,26). The Balaban J connectivity index is 1.79. The molecule has 0 saturated carbocycles. The monoisotopic (exact) mass is 417 g/mol. The van der Waals surface area contributed by atoms with Crippen LogP contribution >= 0.6 is 11.8 Å². The number of carbonyl (C=O) groups excluding carboxylic acids is 1. The molecule has 0 aliphatic carbocycles. The lowest BCUT2D eigenvalue weighted by Crippen LogP contribution is -2.26. The van der Waals surface area contributed by atoms with Gasteiger partial charge in [0.15, 0.2) is 0 Å². The molecule has 0 spiro atoms. The molecule has 8 heteroatoms. The van der Waals surface area contributed by atoms with Crippen molar-refractivity contribution in [2.45, 2.75) is 11.4 Å². The van der Waals surface area contributed by atoms with E-state index < -0.39 is 0 Å². The zero-order valence-electron chi connectivity index (χ0n) is 15.9. The number of thioether (sulfide) groups is 1. The third-order valence-electron chi connectivity index (χ3n) is 4.11. The number of amides is 1. The minimum Gasteiger partial charge on any atom is -0.385 e. The molecule has 2 aromatic carbocycles. The predicted octanol–water partition coefficient (Wildman–Crippen LogP) is 4.27. The first-order valence-electron chi connectivity index (χ1n) is 9.07. The van der Waals surface area contributed by atoms with Crippen molar-refractivity contribution in [3.05, 3.63) is 60.2 Å². The summed E-state index contributed by atoms with van der Waals surface area (Å²) in [7, 11) is 1.62. The van der Waals surface area contributed by atoms with E-state index in [4.69, 9.17) is 4.74 Å². The summed E-state index contributed by atoms with van der Waals surface area (Å²) in [6, 6.07) is 12.0. The maximum atomic E-state index is 13.3. The quantitative estimate of drug-likeness (QED) is 0.403. The van der Waals surface area contributed by atoms with Crippen LogP contribution in [0.5, 0.6) is 0 Å². The SMILES string of the molecule is COCCCNC(=O)CSc1nc(-c2ccc(F)cc2)[nH]c1-c1ccc(F)cc1. The number of aromatic amines is 1. The first-order chi connectivity index (χ1) is 14.1. The van der Waals surface area contributed by atoms with Crippen LogP contribution in [-0.4, -0.2) is 41.9 Å². The average Bonchev–Trinajstić information content (AvgIpc) is 3.15. The van der Waals surface area contributed by atoms with E-state index in [1.54, 1.807) is 31.4 Å². The van der Waals surface area contributed by atoms with Crippen molar-refractivity contribution in [1.82, 2.24) is 15.3 Å². The maximum absolute atomic E-state index is 13.3. The number of ether oxygens (including phenoxy) is 1. The number of nitrogens with one attached hydrogen (secondary N) is 2. The summed E-state index contributed by atoms with van der Waals surface area (Å²) < 4.78 is 31.5. The smallest absolute Gasteiger partial charge is 0.230 e. The number of rotatable bonds is 9. The van der Waals surface area contributed by atoms with Gasteiger partial charge in [0.25, 0.3) is 0 Å². The fourth-order valence-electron chi connectivity index (χ4n) is 2.65. The summed E-state index contributed by atoms with van der Waals surface area (Å²) in [5.74, 6) is -0.0418. The van der Waals surface area contributed by atoms with Gasteiger partial charge in [-0.2, -0.15) is 0 Å². The number of nitrogens with zero attached hydrogens (tertiary/aromatic N) is 1. The molecule has 0 aliphatic rings. The minimum atomic E-state index is -0.336. The summed E-state index contributed by atoms with van der Waals surface area (Å²) in [5.41, 5.74) is 2.14. The number of methoxy groups -OCH3 is 1. The molecule has 1 amide bonds. The average molecular weight is 417 g/mol. The number of carbonyl (C=O) groups is 1. The summed E-state index contributed by atoms with van der Waals surface area (Å²) in [4.78, 5) is 19.9. The highest BCUT2D eigenvalue weighted by molar-refractivity contribution is 8.00. The van der Waals surface area contributed by atoms with Crippen LogP contribution in [0.15, 0.2) is 53.6 Å². The first kappa shape index (κ1) is 21.0. The van der Waals surface area contributed by atoms with E-state index in [9.17, 15) is 13.6 Å². The van der Waals surface area contributed by atoms with Crippen LogP contribution in [0.4, 0.5) is 8.78 Å². The van der Waals surface area contributed by atoms with Gasteiger partial charge in [-0.25, -0.2) is 13.8 Å². The predicted molar refractivity (Wildman–Crippen MR) is 110 cm³/mol. The van der Waals surface area contributed by atoms with Crippen LogP contribution in [0.1, 0.15) is 6.42 Å². The van der Waals surface area contributed by atoms with E-state index in [1.165, 1.54) is 36.0 Å². The van der Waals surface area contributed by atoms with E-state index in [-0.39, 0.29) is 23.3 Å². The molecule has 1 aromatic heterocycles. The second kappa shape index (κ2) is 10.2. The van der Waals surface area contributed by atoms with Crippen LogP contribution in [0.25, 0.3) is 22.6 Å². The number of hydrogen-bond acceptors (Lipinski definition) is 4. The van der Waals surface area contributed by atoms with Crippen molar-refractivity contribution in [1.29, 1.82) is 0 Å². The highest BCUT2D eigenvalue weighted by Crippen LogP contribution is 2.32. The third kappa shape index (κ3) is 5.88. The molecule has 0 atom stereocenters. The first-order valence-corrected chi connectivity index (χ1v) is 10.1. The van der Waals surface area contributed by atoms with Gasteiger partial charge in [-0.05, 0) is 55.0 Å². The second-order valence-electron chi connectivity index (χ2n) is 6.26. The normalized spacial score (nSPS) is 10.9. The van der Waals surface area contributed by atoms with Crippen molar-refractivity contribution >= 4 is 17.7 Å².